The second-order valence-corrected chi connectivity index (χ2v) is 4.99. The summed E-state index contributed by atoms with van der Waals surface area (Å²) in [5.74, 6) is -3.93. The SMILES string of the molecule is Nc1[nH]c(=O)c(C(=O)O)c(-c2cc(Cl)cc([N+](=O)[O-])c2)c1C(=O)O. The molecule has 0 aliphatic heterocycles. The predicted octanol–water partition coefficient (Wildman–Crippen LogP) is 1.58. The Morgan fingerprint density at radius 2 is 1.75 bits per heavy atom. The number of hydrogen-bond donors (Lipinski definition) is 4. The molecular formula is C13H8ClN3O7. The Bertz CT molecular complexity index is 951. The van der Waals surface area contributed by atoms with Crippen molar-refractivity contribution in [3.63, 3.8) is 0 Å². The van der Waals surface area contributed by atoms with Gasteiger partial charge in [-0.2, -0.15) is 0 Å². The average molecular weight is 354 g/mol. The van der Waals surface area contributed by atoms with Gasteiger partial charge in [0, 0.05) is 22.7 Å². The number of pyridine rings is 1. The number of nitrogens with one attached hydrogen (secondary N) is 1. The fourth-order valence-electron chi connectivity index (χ4n) is 2.16. The molecule has 1 aromatic carbocycles. The first-order valence-corrected chi connectivity index (χ1v) is 6.49. The lowest BCUT2D eigenvalue weighted by Gasteiger charge is -2.12. The average Bonchev–Trinajstić information content (AvgIpc) is 2.44. The van der Waals surface area contributed by atoms with Crippen LogP contribution in [0.1, 0.15) is 20.7 Å². The van der Waals surface area contributed by atoms with E-state index in [1.165, 1.54) is 0 Å². The molecule has 0 aliphatic carbocycles. The maximum atomic E-state index is 11.9. The van der Waals surface area contributed by atoms with E-state index in [1.54, 1.807) is 0 Å². The molecule has 0 saturated carbocycles. The zero-order valence-corrected chi connectivity index (χ0v) is 12.3. The molecule has 0 atom stereocenters. The summed E-state index contributed by atoms with van der Waals surface area (Å²) >= 11 is 5.77. The third kappa shape index (κ3) is 2.90. The molecule has 0 amide bonds. The minimum Gasteiger partial charge on any atom is -0.478 e. The Morgan fingerprint density at radius 1 is 1.17 bits per heavy atom. The van der Waals surface area contributed by atoms with Crippen molar-refractivity contribution in [2.24, 2.45) is 0 Å². The maximum Gasteiger partial charge on any atom is 0.342 e. The number of nitro benzene ring substituents is 1. The number of nitrogen functional groups attached to an aromatic ring is 1. The van der Waals surface area contributed by atoms with Crippen molar-refractivity contribution in [2.75, 3.05) is 5.73 Å². The molecule has 24 heavy (non-hydrogen) atoms. The minimum atomic E-state index is -1.73. The van der Waals surface area contributed by atoms with Gasteiger partial charge < -0.3 is 20.9 Å². The quantitative estimate of drug-likeness (QED) is 0.472. The number of rotatable bonds is 4. The highest BCUT2D eigenvalue weighted by Crippen LogP contribution is 2.33. The van der Waals surface area contributed by atoms with Gasteiger partial charge in [-0.3, -0.25) is 14.9 Å². The Labute approximate surface area is 137 Å². The van der Waals surface area contributed by atoms with E-state index in [4.69, 9.17) is 17.3 Å². The van der Waals surface area contributed by atoms with Crippen molar-refractivity contribution in [3.8, 4) is 11.1 Å². The summed E-state index contributed by atoms with van der Waals surface area (Å²) in [5, 5.41) is 29.3. The van der Waals surface area contributed by atoms with Crippen LogP contribution in [0.2, 0.25) is 5.02 Å². The van der Waals surface area contributed by atoms with Gasteiger partial charge in [-0.25, -0.2) is 9.59 Å². The molecule has 0 bridgehead atoms. The Morgan fingerprint density at radius 3 is 2.25 bits per heavy atom. The molecule has 0 radical (unpaired) electrons. The number of nitrogens with two attached hydrogens (primary N) is 1. The van der Waals surface area contributed by atoms with Gasteiger partial charge in [-0.15, -0.1) is 0 Å². The Kier molecular flexibility index (Phi) is 4.24. The fourth-order valence-corrected chi connectivity index (χ4v) is 2.39. The molecule has 2 rings (SSSR count). The number of nitro groups is 1. The molecular weight excluding hydrogens is 346 g/mol. The number of aromatic nitrogens is 1. The number of non-ortho nitro benzene ring substituents is 1. The highest BCUT2D eigenvalue weighted by Gasteiger charge is 2.27. The lowest BCUT2D eigenvalue weighted by atomic mass is 9.95. The summed E-state index contributed by atoms with van der Waals surface area (Å²) in [6.45, 7) is 0. The topological polar surface area (TPSA) is 177 Å². The maximum absolute atomic E-state index is 11.9. The molecule has 1 heterocycles. The van der Waals surface area contributed by atoms with Gasteiger partial charge in [0.25, 0.3) is 11.2 Å². The van der Waals surface area contributed by atoms with E-state index in [9.17, 15) is 34.7 Å². The fraction of sp³-hybridized carbons (Fsp3) is 0. The molecule has 11 heteroatoms. The molecule has 124 valence electrons. The monoisotopic (exact) mass is 353 g/mol. The van der Waals surface area contributed by atoms with Crippen LogP contribution in [-0.2, 0) is 0 Å². The zero-order chi connectivity index (χ0) is 18.2. The molecule has 1 aromatic heterocycles. The molecule has 0 unspecified atom stereocenters. The summed E-state index contributed by atoms with van der Waals surface area (Å²) in [7, 11) is 0. The highest BCUT2D eigenvalue weighted by molar-refractivity contribution is 6.31. The highest BCUT2D eigenvalue weighted by atomic mass is 35.5. The Balaban J connectivity index is 3.02. The van der Waals surface area contributed by atoms with Crippen LogP contribution in [0.4, 0.5) is 11.5 Å². The molecule has 10 nitrogen and oxygen atoms in total. The van der Waals surface area contributed by atoms with Gasteiger partial charge in [0.1, 0.15) is 16.9 Å². The smallest absolute Gasteiger partial charge is 0.342 e. The lowest BCUT2D eigenvalue weighted by molar-refractivity contribution is -0.384. The lowest BCUT2D eigenvalue weighted by Crippen LogP contribution is -2.24. The second kappa shape index (κ2) is 6.01. The van der Waals surface area contributed by atoms with Crippen molar-refractivity contribution >= 4 is 35.0 Å². The van der Waals surface area contributed by atoms with Crippen LogP contribution in [0, 0.1) is 10.1 Å². The number of carboxylic acids is 2. The van der Waals surface area contributed by atoms with E-state index in [2.05, 4.69) is 0 Å². The number of nitrogens with zero attached hydrogens (tertiary/aromatic N) is 1. The van der Waals surface area contributed by atoms with E-state index in [-0.39, 0.29) is 10.6 Å². The number of aromatic amines is 1. The number of hydrogen-bond acceptors (Lipinski definition) is 6. The van der Waals surface area contributed by atoms with Gasteiger partial charge in [-0.05, 0) is 11.6 Å². The number of aromatic carboxylic acids is 2. The van der Waals surface area contributed by atoms with Crippen molar-refractivity contribution in [1.82, 2.24) is 4.98 Å². The summed E-state index contributed by atoms with van der Waals surface area (Å²) in [4.78, 5) is 46.8. The van der Waals surface area contributed by atoms with Gasteiger partial charge >= 0.3 is 11.9 Å². The molecule has 0 saturated heterocycles. The van der Waals surface area contributed by atoms with Crippen LogP contribution in [-0.4, -0.2) is 32.1 Å². The van der Waals surface area contributed by atoms with E-state index < -0.39 is 50.6 Å². The number of H-pyrrole nitrogens is 1. The summed E-state index contributed by atoms with van der Waals surface area (Å²) in [5.41, 5.74) is 1.38. The van der Waals surface area contributed by atoms with Crippen LogP contribution >= 0.6 is 11.6 Å². The van der Waals surface area contributed by atoms with Crippen molar-refractivity contribution in [3.05, 3.63) is 54.8 Å². The standard InChI is InChI=1S/C13H8ClN3O7/c14-5-1-4(2-6(3-5)17(23)24)7-8(12(19)20)10(15)16-11(18)9(7)13(21)22/h1-3H,(H,19,20)(H,21,22)(H3,15,16,18). The van der Waals surface area contributed by atoms with Crippen LogP contribution in [0.25, 0.3) is 11.1 Å². The largest absolute Gasteiger partial charge is 0.478 e. The summed E-state index contributed by atoms with van der Waals surface area (Å²) in [6, 6.07) is 2.99. The third-order valence-electron chi connectivity index (χ3n) is 3.05. The van der Waals surface area contributed by atoms with Crippen LogP contribution < -0.4 is 11.3 Å². The number of anilines is 1. The summed E-state index contributed by atoms with van der Waals surface area (Å²) in [6.07, 6.45) is 0. The molecule has 5 N–H and O–H groups in total. The molecule has 0 aliphatic rings. The van der Waals surface area contributed by atoms with E-state index >= 15 is 0 Å². The Hall–Kier alpha value is -3.40. The van der Waals surface area contributed by atoms with E-state index in [0.717, 1.165) is 18.2 Å². The van der Waals surface area contributed by atoms with Crippen molar-refractivity contribution < 1.29 is 24.7 Å². The van der Waals surface area contributed by atoms with E-state index in [1.807, 2.05) is 4.98 Å². The zero-order valence-electron chi connectivity index (χ0n) is 11.6. The molecule has 0 spiro atoms. The third-order valence-corrected chi connectivity index (χ3v) is 3.27. The number of halogens is 1. The first kappa shape index (κ1) is 17.0. The first-order chi connectivity index (χ1) is 11.1. The van der Waals surface area contributed by atoms with Gasteiger partial charge in [0.05, 0.1) is 4.92 Å². The summed E-state index contributed by atoms with van der Waals surface area (Å²) < 4.78 is 0. The van der Waals surface area contributed by atoms with Crippen molar-refractivity contribution in [1.29, 1.82) is 0 Å². The van der Waals surface area contributed by atoms with Crippen LogP contribution in [0.3, 0.4) is 0 Å². The molecule has 2 aromatic rings. The number of carbonyl (C=O) groups is 2. The predicted molar refractivity (Wildman–Crippen MR) is 82.5 cm³/mol. The van der Waals surface area contributed by atoms with Crippen molar-refractivity contribution in [2.45, 2.75) is 0 Å². The normalized spacial score (nSPS) is 10.4. The molecule has 0 fully saturated rings. The second-order valence-electron chi connectivity index (χ2n) is 4.56. The van der Waals surface area contributed by atoms with Gasteiger partial charge in [0.2, 0.25) is 0 Å². The minimum absolute atomic E-state index is 0.147. The number of benzene rings is 1. The van der Waals surface area contributed by atoms with Gasteiger partial charge in [-0.1, -0.05) is 11.6 Å². The van der Waals surface area contributed by atoms with E-state index in [0.29, 0.717) is 0 Å². The first-order valence-electron chi connectivity index (χ1n) is 6.11. The van der Waals surface area contributed by atoms with Crippen LogP contribution in [0.15, 0.2) is 23.0 Å². The number of carboxylic acid groups (broad SMARTS) is 2. The van der Waals surface area contributed by atoms with Gasteiger partial charge in [0.15, 0.2) is 0 Å². The van der Waals surface area contributed by atoms with Crippen LogP contribution in [0.5, 0.6) is 0 Å².